The molecule has 0 bridgehead atoms. The van der Waals surface area contributed by atoms with Gasteiger partial charge in [0.15, 0.2) is 0 Å². The van der Waals surface area contributed by atoms with Gasteiger partial charge in [-0.15, -0.1) is 0 Å². The highest BCUT2D eigenvalue weighted by molar-refractivity contribution is 9.10. The second-order valence-corrected chi connectivity index (χ2v) is 6.52. The van der Waals surface area contributed by atoms with Crippen LogP contribution in [0, 0.1) is 23.6 Å². The summed E-state index contributed by atoms with van der Waals surface area (Å²) < 4.78 is 14.8. The Morgan fingerprint density at radius 3 is 2.72 bits per heavy atom. The van der Waals surface area contributed by atoms with Crippen LogP contribution in [0.25, 0.3) is 0 Å². The zero-order valence-corrected chi connectivity index (χ0v) is 12.2. The first-order chi connectivity index (χ1) is 8.70. The summed E-state index contributed by atoms with van der Waals surface area (Å²) in [7, 11) is 0. The standard InChI is InChI=1S/C15H19BrFN/c1-2-18-15(11-7-9-6-10(9)8-11)12-4-3-5-13(16)14(12)17/h3-5,9-11,15,18H,2,6-8H2,1H3. The summed E-state index contributed by atoms with van der Waals surface area (Å²) in [6.07, 6.45) is 3.96. The molecule has 2 aliphatic rings. The predicted octanol–water partition coefficient (Wildman–Crippen LogP) is 4.28. The van der Waals surface area contributed by atoms with Gasteiger partial charge in [0.2, 0.25) is 0 Å². The van der Waals surface area contributed by atoms with E-state index in [0.29, 0.717) is 10.4 Å². The first-order valence-electron chi connectivity index (χ1n) is 6.88. The van der Waals surface area contributed by atoms with Gasteiger partial charge in [0, 0.05) is 11.6 Å². The Balaban J connectivity index is 1.86. The van der Waals surface area contributed by atoms with Gasteiger partial charge in [0.05, 0.1) is 4.47 Å². The van der Waals surface area contributed by atoms with E-state index in [2.05, 4.69) is 28.2 Å². The van der Waals surface area contributed by atoms with E-state index in [-0.39, 0.29) is 11.9 Å². The highest BCUT2D eigenvalue weighted by atomic mass is 79.9. The summed E-state index contributed by atoms with van der Waals surface area (Å²) in [5.74, 6) is 2.39. The molecule has 3 unspecified atom stereocenters. The molecule has 0 spiro atoms. The van der Waals surface area contributed by atoms with Crippen LogP contribution in [0.1, 0.15) is 37.8 Å². The maximum Gasteiger partial charge on any atom is 0.142 e. The smallest absolute Gasteiger partial charge is 0.142 e. The van der Waals surface area contributed by atoms with Crippen LogP contribution < -0.4 is 5.32 Å². The molecule has 3 heteroatoms. The summed E-state index contributed by atoms with van der Waals surface area (Å²) >= 11 is 3.29. The highest BCUT2D eigenvalue weighted by Crippen LogP contribution is 2.57. The third-order valence-electron chi connectivity index (χ3n) is 4.49. The van der Waals surface area contributed by atoms with Crippen molar-refractivity contribution in [3.05, 3.63) is 34.1 Å². The number of fused-ring (bicyclic) bond motifs is 1. The minimum Gasteiger partial charge on any atom is -0.310 e. The van der Waals surface area contributed by atoms with Crippen molar-refractivity contribution in [2.45, 2.75) is 32.2 Å². The van der Waals surface area contributed by atoms with Gasteiger partial charge < -0.3 is 5.32 Å². The van der Waals surface area contributed by atoms with Gasteiger partial charge in [-0.25, -0.2) is 4.39 Å². The lowest BCUT2D eigenvalue weighted by Gasteiger charge is -2.26. The first-order valence-corrected chi connectivity index (χ1v) is 7.67. The van der Waals surface area contributed by atoms with Crippen LogP contribution in [0.3, 0.4) is 0 Å². The highest BCUT2D eigenvalue weighted by Gasteiger charge is 2.48. The molecule has 3 atom stereocenters. The number of hydrogen-bond acceptors (Lipinski definition) is 1. The summed E-state index contributed by atoms with van der Waals surface area (Å²) in [4.78, 5) is 0. The maximum absolute atomic E-state index is 14.2. The predicted molar refractivity (Wildman–Crippen MR) is 74.8 cm³/mol. The molecule has 98 valence electrons. The van der Waals surface area contributed by atoms with Crippen molar-refractivity contribution < 1.29 is 4.39 Å². The first kappa shape index (κ1) is 12.6. The van der Waals surface area contributed by atoms with Crippen LogP contribution in [0.4, 0.5) is 4.39 Å². The van der Waals surface area contributed by atoms with Crippen molar-refractivity contribution in [3.8, 4) is 0 Å². The minimum atomic E-state index is -0.0935. The van der Waals surface area contributed by atoms with E-state index >= 15 is 0 Å². The quantitative estimate of drug-likeness (QED) is 0.875. The lowest BCUT2D eigenvalue weighted by Crippen LogP contribution is -2.28. The van der Waals surface area contributed by atoms with Gasteiger partial charge in [-0.2, -0.15) is 0 Å². The molecular formula is C15H19BrFN. The molecule has 1 aromatic carbocycles. The van der Waals surface area contributed by atoms with Crippen molar-refractivity contribution in [2.24, 2.45) is 17.8 Å². The third kappa shape index (κ3) is 2.23. The van der Waals surface area contributed by atoms with Crippen LogP contribution in [0.2, 0.25) is 0 Å². The molecule has 2 saturated carbocycles. The van der Waals surface area contributed by atoms with E-state index in [1.807, 2.05) is 12.1 Å². The van der Waals surface area contributed by atoms with Crippen molar-refractivity contribution >= 4 is 15.9 Å². The van der Waals surface area contributed by atoms with Crippen LogP contribution in [-0.4, -0.2) is 6.54 Å². The van der Waals surface area contributed by atoms with Gasteiger partial charge in [-0.3, -0.25) is 0 Å². The van der Waals surface area contributed by atoms with E-state index in [0.717, 1.165) is 23.9 Å². The number of benzene rings is 1. The molecule has 0 aromatic heterocycles. The topological polar surface area (TPSA) is 12.0 Å². The Kier molecular flexibility index (Phi) is 3.46. The van der Waals surface area contributed by atoms with E-state index < -0.39 is 0 Å². The van der Waals surface area contributed by atoms with Crippen LogP contribution in [0.5, 0.6) is 0 Å². The van der Waals surface area contributed by atoms with E-state index in [1.54, 1.807) is 6.07 Å². The summed E-state index contributed by atoms with van der Waals surface area (Å²) in [5.41, 5.74) is 0.831. The Labute approximate surface area is 116 Å². The van der Waals surface area contributed by atoms with E-state index in [9.17, 15) is 4.39 Å². The zero-order valence-electron chi connectivity index (χ0n) is 10.6. The average Bonchev–Trinajstić information content (AvgIpc) is 2.97. The fourth-order valence-corrected chi connectivity index (χ4v) is 3.93. The number of halogens is 2. The normalized spacial score (nSPS) is 31.2. The average molecular weight is 312 g/mol. The molecular weight excluding hydrogens is 293 g/mol. The van der Waals surface area contributed by atoms with Crippen LogP contribution >= 0.6 is 15.9 Å². The maximum atomic E-state index is 14.2. The Morgan fingerprint density at radius 2 is 2.06 bits per heavy atom. The second kappa shape index (κ2) is 4.93. The Hall–Kier alpha value is -0.410. The molecule has 0 saturated heterocycles. The molecule has 2 fully saturated rings. The van der Waals surface area contributed by atoms with Gasteiger partial charge in [0.1, 0.15) is 5.82 Å². The molecule has 1 nitrogen and oxygen atoms in total. The molecule has 2 aliphatic carbocycles. The van der Waals surface area contributed by atoms with Crippen LogP contribution in [0.15, 0.2) is 22.7 Å². The number of rotatable bonds is 4. The third-order valence-corrected chi connectivity index (χ3v) is 5.10. The zero-order chi connectivity index (χ0) is 12.7. The molecule has 0 heterocycles. The fraction of sp³-hybridized carbons (Fsp3) is 0.600. The number of nitrogens with one attached hydrogen (secondary N) is 1. The van der Waals surface area contributed by atoms with Crippen LogP contribution in [-0.2, 0) is 0 Å². The number of hydrogen-bond donors (Lipinski definition) is 1. The van der Waals surface area contributed by atoms with Gasteiger partial charge in [0.25, 0.3) is 0 Å². The Bertz CT molecular complexity index is 438. The second-order valence-electron chi connectivity index (χ2n) is 5.67. The monoisotopic (exact) mass is 311 g/mol. The van der Waals surface area contributed by atoms with Crippen molar-refractivity contribution in [1.82, 2.24) is 5.32 Å². The van der Waals surface area contributed by atoms with Crippen molar-refractivity contribution in [2.75, 3.05) is 6.54 Å². The summed E-state index contributed by atoms with van der Waals surface area (Å²) in [6.45, 7) is 2.99. The van der Waals surface area contributed by atoms with Crippen molar-refractivity contribution in [1.29, 1.82) is 0 Å². The molecule has 1 N–H and O–H groups in total. The molecule has 0 radical (unpaired) electrons. The molecule has 18 heavy (non-hydrogen) atoms. The van der Waals surface area contributed by atoms with Crippen molar-refractivity contribution in [3.63, 3.8) is 0 Å². The molecule has 0 amide bonds. The molecule has 0 aliphatic heterocycles. The van der Waals surface area contributed by atoms with Gasteiger partial charge >= 0.3 is 0 Å². The Morgan fingerprint density at radius 1 is 1.33 bits per heavy atom. The molecule has 3 rings (SSSR count). The molecule has 1 aromatic rings. The lowest BCUT2D eigenvalue weighted by molar-refractivity contribution is 0.337. The van der Waals surface area contributed by atoms with Gasteiger partial charge in [-0.1, -0.05) is 19.1 Å². The summed E-state index contributed by atoms with van der Waals surface area (Å²) in [5, 5.41) is 3.49. The largest absolute Gasteiger partial charge is 0.310 e. The lowest BCUT2D eigenvalue weighted by atomic mass is 9.89. The van der Waals surface area contributed by atoms with Gasteiger partial charge in [-0.05, 0) is 65.6 Å². The summed E-state index contributed by atoms with van der Waals surface area (Å²) in [6, 6.07) is 5.81. The van der Waals surface area contributed by atoms with E-state index in [1.165, 1.54) is 19.3 Å². The fourth-order valence-electron chi connectivity index (χ4n) is 3.54. The van der Waals surface area contributed by atoms with E-state index in [4.69, 9.17) is 0 Å². The minimum absolute atomic E-state index is 0.0935. The SMILES string of the molecule is CCNC(c1cccc(Br)c1F)C1CC2CC2C1.